The summed E-state index contributed by atoms with van der Waals surface area (Å²) in [5.41, 5.74) is -1.19. The molecule has 0 bridgehead atoms. The summed E-state index contributed by atoms with van der Waals surface area (Å²) in [7, 11) is -4.27. The first-order valence-electron chi connectivity index (χ1n) is 13.1. The molecule has 186 valence electrons. The number of hydrogen-bond acceptors (Lipinski definition) is 3. The topological polar surface area (TPSA) is 63.6 Å². The van der Waals surface area contributed by atoms with E-state index in [4.69, 9.17) is 4.74 Å². The number of unbranched alkanes of at least 4 members (excludes halogenated alkanes) is 12. The Morgan fingerprint density at radius 1 is 0.719 bits per heavy atom. The molecule has 0 spiro atoms. The van der Waals surface area contributed by atoms with E-state index in [9.17, 15) is 13.0 Å². The summed E-state index contributed by atoms with van der Waals surface area (Å²) in [5.74, 6) is 0.748. The van der Waals surface area contributed by atoms with Gasteiger partial charge in [-0.05, 0) is 18.1 Å². The first-order chi connectivity index (χ1) is 15.5. The zero-order valence-electron chi connectivity index (χ0n) is 20.6. The molecular weight excluding hydrogens is 420 g/mol. The smallest absolute Gasteiger partial charge is 0.303 e. The summed E-state index contributed by atoms with van der Waals surface area (Å²) < 4.78 is 39.6. The van der Waals surface area contributed by atoms with Crippen LogP contribution in [-0.4, -0.2) is 18.4 Å². The lowest BCUT2D eigenvalue weighted by Gasteiger charge is -2.23. The summed E-state index contributed by atoms with van der Waals surface area (Å²) in [6.07, 6.45) is 19.9. The summed E-state index contributed by atoms with van der Waals surface area (Å²) in [5, 5.41) is 0. The second kappa shape index (κ2) is 18.4. The molecule has 0 saturated heterocycles. The predicted octanol–water partition coefficient (Wildman–Crippen LogP) is 8.57. The van der Waals surface area contributed by atoms with Crippen molar-refractivity contribution in [2.24, 2.45) is 5.92 Å². The summed E-state index contributed by atoms with van der Waals surface area (Å²) in [6.45, 7) is 4.47. The van der Waals surface area contributed by atoms with E-state index >= 15 is 0 Å². The summed E-state index contributed by atoms with van der Waals surface area (Å²) >= 11 is 0. The van der Waals surface area contributed by atoms with Crippen LogP contribution in [0.4, 0.5) is 0 Å². The van der Waals surface area contributed by atoms with E-state index in [1.54, 1.807) is 12.1 Å². The highest BCUT2D eigenvalue weighted by atomic mass is 32.2. The molecule has 0 aliphatic rings. The molecule has 32 heavy (non-hydrogen) atoms. The van der Waals surface area contributed by atoms with E-state index in [1.807, 2.05) is 18.2 Å². The largest absolute Gasteiger partial charge is 0.472 e. The van der Waals surface area contributed by atoms with Crippen LogP contribution in [0, 0.1) is 5.92 Å². The number of para-hydroxylation sites is 1. The zero-order valence-corrected chi connectivity index (χ0v) is 21.5. The fraction of sp³-hybridized carbons (Fsp3) is 0.778. The SMILES string of the molecule is CCCCCCCCCC(CCCCCCCCC)CC(Oc1ccccc1)S(=O)(=O)O. The third-order valence-electron chi connectivity index (χ3n) is 6.30. The van der Waals surface area contributed by atoms with Crippen molar-refractivity contribution >= 4 is 10.1 Å². The van der Waals surface area contributed by atoms with Crippen molar-refractivity contribution in [3.63, 3.8) is 0 Å². The van der Waals surface area contributed by atoms with Crippen molar-refractivity contribution < 1.29 is 17.7 Å². The Kier molecular flexibility index (Phi) is 16.6. The highest BCUT2D eigenvalue weighted by Gasteiger charge is 2.28. The molecule has 1 atom stereocenters. The van der Waals surface area contributed by atoms with Gasteiger partial charge in [-0.15, -0.1) is 0 Å². The maximum atomic E-state index is 12.1. The van der Waals surface area contributed by atoms with Crippen molar-refractivity contribution in [3.05, 3.63) is 30.3 Å². The average Bonchev–Trinajstić information content (AvgIpc) is 2.77. The standard InChI is InChI=1S/C27H48O4S/c1-3-5-7-9-11-13-16-20-25(21-17-14-12-10-8-6-4-2)24-27(32(28,29)30)31-26-22-18-15-19-23-26/h15,18-19,22-23,25,27H,3-14,16-17,20-21,24H2,1-2H3,(H,28,29,30). The van der Waals surface area contributed by atoms with Crippen molar-refractivity contribution in [2.45, 2.75) is 128 Å². The number of rotatable bonds is 21. The lowest BCUT2D eigenvalue weighted by molar-refractivity contribution is 0.209. The number of ether oxygens (including phenoxy) is 1. The minimum Gasteiger partial charge on any atom is -0.472 e. The van der Waals surface area contributed by atoms with Crippen molar-refractivity contribution in [2.75, 3.05) is 0 Å². The van der Waals surface area contributed by atoms with Crippen molar-refractivity contribution in [1.82, 2.24) is 0 Å². The average molecular weight is 469 g/mol. The second-order valence-corrected chi connectivity index (χ2v) is 10.9. The van der Waals surface area contributed by atoms with E-state index in [1.165, 1.54) is 77.0 Å². The Morgan fingerprint density at radius 2 is 1.16 bits per heavy atom. The molecule has 1 rings (SSSR count). The van der Waals surface area contributed by atoms with E-state index in [-0.39, 0.29) is 5.92 Å². The van der Waals surface area contributed by atoms with Gasteiger partial charge in [-0.1, -0.05) is 135 Å². The summed E-state index contributed by atoms with van der Waals surface area (Å²) in [6, 6.07) is 8.95. The highest BCUT2D eigenvalue weighted by molar-refractivity contribution is 7.86. The van der Waals surface area contributed by atoms with Crippen molar-refractivity contribution in [3.8, 4) is 5.75 Å². The molecule has 1 N–H and O–H groups in total. The van der Waals surface area contributed by atoms with E-state index in [0.717, 1.165) is 25.7 Å². The zero-order chi connectivity index (χ0) is 23.5. The van der Waals surface area contributed by atoms with Crippen molar-refractivity contribution in [1.29, 1.82) is 0 Å². The molecule has 1 aromatic carbocycles. The highest BCUT2D eigenvalue weighted by Crippen LogP contribution is 2.27. The van der Waals surface area contributed by atoms with Gasteiger partial charge in [-0.3, -0.25) is 4.55 Å². The normalized spacial score (nSPS) is 12.9. The molecule has 5 heteroatoms. The van der Waals surface area contributed by atoms with Gasteiger partial charge in [0.05, 0.1) is 0 Å². The summed E-state index contributed by atoms with van der Waals surface area (Å²) in [4.78, 5) is 0. The van der Waals surface area contributed by atoms with Gasteiger partial charge in [0.1, 0.15) is 5.75 Å². The number of benzene rings is 1. The minimum atomic E-state index is -4.27. The number of hydrogen-bond donors (Lipinski definition) is 1. The fourth-order valence-electron chi connectivity index (χ4n) is 4.31. The molecule has 0 aliphatic heterocycles. The van der Waals surface area contributed by atoms with E-state index in [0.29, 0.717) is 12.2 Å². The molecular formula is C27H48O4S. The second-order valence-electron chi connectivity index (χ2n) is 9.30. The lowest BCUT2D eigenvalue weighted by Crippen LogP contribution is -2.29. The van der Waals surface area contributed by atoms with E-state index < -0.39 is 15.6 Å². The van der Waals surface area contributed by atoms with Crippen LogP contribution in [-0.2, 0) is 10.1 Å². The third-order valence-corrected chi connectivity index (χ3v) is 7.25. The molecule has 0 saturated carbocycles. The van der Waals surface area contributed by atoms with Gasteiger partial charge in [0.15, 0.2) is 0 Å². The van der Waals surface area contributed by atoms with Crippen LogP contribution >= 0.6 is 0 Å². The van der Waals surface area contributed by atoms with Gasteiger partial charge < -0.3 is 4.74 Å². The quantitative estimate of drug-likeness (QED) is 0.145. The Labute approximate surface area is 198 Å². The lowest BCUT2D eigenvalue weighted by atomic mass is 9.91. The van der Waals surface area contributed by atoms with Gasteiger partial charge in [0.25, 0.3) is 0 Å². The molecule has 0 radical (unpaired) electrons. The minimum absolute atomic E-state index is 0.261. The Morgan fingerprint density at radius 3 is 1.59 bits per heavy atom. The first kappa shape index (κ1) is 29.0. The molecule has 0 fully saturated rings. The van der Waals surface area contributed by atoms with Crippen LogP contribution in [0.2, 0.25) is 0 Å². The monoisotopic (exact) mass is 468 g/mol. The maximum absolute atomic E-state index is 12.1. The van der Waals surface area contributed by atoms with Crippen LogP contribution in [0.15, 0.2) is 30.3 Å². The van der Waals surface area contributed by atoms with Gasteiger partial charge in [0.2, 0.25) is 5.44 Å². The van der Waals surface area contributed by atoms with Crippen LogP contribution < -0.4 is 4.74 Å². The maximum Gasteiger partial charge on any atom is 0.303 e. The fourth-order valence-corrected chi connectivity index (χ4v) is 5.06. The van der Waals surface area contributed by atoms with E-state index in [2.05, 4.69) is 13.8 Å². The first-order valence-corrected chi connectivity index (χ1v) is 14.7. The van der Waals surface area contributed by atoms with Gasteiger partial charge in [-0.2, -0.15) is 8.42 Å². The third kappa shape index (κ3) is 14.9. The Bertz CT molecular complexity index is 627. The van der Waals surface area contributed by atoms with Gasteiger partial charge in [-0.25, -0.2) is 0 Å². The van der Waals surface area contributed by atoms with Crippen LogP contribution in [0.5, 0.6) is 5.75 Å². The molecule has 0 heterocycles. The molecule has 0 aromatic heterocycles. The molecule has 0 aliphatic carbocycles. The van der Waals surface area contributed by atoms with Crippen LogP contribution in [0.25, 0.3) is 0 Å². The molecule has 1 unspecified atom stereocenters. The predicted molar refractivity (Wildman–Crippen MR) is 136 cm³/mol. The Hall–Kier alpha value is -1.07. The van der Waals surface area contributed by atoms with Crippen LogP contribution in [0.3, 0.4) is 0 Å². The molecule has 0 amide bonds. The Balaban J connectivity index is 2.56. The molecule has 4 nitrogen and oxygen atoms in total. The van der Waals surface area contributed by atoms with Gasteiger partial charge >= 0.3 is 10.1 Å². The molecule has 1 aromatic rings. The van der Waals surface area contributed by atoms with Crippen LogP contribution in [0.1, 0.15) is 123 Å². The van der Waals surface area contributed by atoms with Gasteiger partial charge in [0, 0.05) is 6.42 Å².